The van der Waals surface area contributed by atoms with Gasteiger partial charge in [-0.3, -0.25) is 4.79 Å². The van der Waals surface area contributed by atoms with Crippen LogP contribution in [-0.4, -0.2) is 12.3 Å². The Balaban J connectivity index is 2.04. The van der Waals surface area contributed by atoms with E-state index >= 15 is 0 Å². The van der Waals surface area contributed by atoms with E-state index < -0.39 is 0 Å². The summed E-state index contributed by atoms with van der Waals surface area (Å²) in [5.74, 6) is 0.270. The Kier molecular flexibility index (Phi) is 10.5. The second-order valence-corrected chi connectivity index (χ2v) is 10.0. The Morgan fingerprint density at radius 3 is 2.43 bits per heavy atom. The molecule has 2 heteroatoms. The number of hydrogen-bond acceptors (Lipinski definition) is 2. The number of carbonyl (C=O) groups is 1. The fourth-order valence-corrected chi connectivity index (χ4v) is 4.51. The van der Waals surface area contributed by atoms with Gasteiger partial charge in [-0.2, -0.15) is 0 Å². The molecule has 35 heavy (non-hydrogen) atoms. The van der Waals surface area contributed by atoms with Crippen molar-refractivity contribution in [1.82, 2.24) is 5.32 Å². The van der Waals surface area contributed by atoms with Crippen LogP contribution in [0, 0.1) is 11.3 Å². The Morgan fingerprint density at radius 2 is 1.89 bits per heavy atom. The molecule has 0 saturated carbocycles. The predicted molar refractivity (Wildman–Crippen MR) is 153 cm³/mol. The van der Waals surface area contributed by atoms with Crippen molar-refractivity contribution in [2.45, 2.75) is 60.8 Å². The fourth-order valence-electron chi connectivity index (χ4n) is 4.51. The van der Waals surface area contributed by atoms with Gasteiger partial charge < -0.3 is 5.32 Å². The minimum Gasteiger partial charge on any atom is -0.381 e. The van der Waals surface area contributed by atoms with E-state index in [0.29, 0.717) is 12.2 Å². The summed E-state index contributed by atoms with van der Waals surface area (Å²) in [5.41, 5.74) is 8.31. The lowest BCUT2D eigenvalue weighted by atomic mass is 9.69. The third kappa shape index (κ3) is 7.68. The molecule has 1 aliphatic carbocycles. The zero-order valence-corrected chi connectivity index (χ0v) is 22.6. The highest BCUT2D eigenvalue weighted by Crippen LogP contribution is 2.44. The summed E-state index contributed by atoms with van der Waals surface area (Å²) in [6.07, 6.45) is 16.7. The molecule has 1 aromatic rings. The Morgan fingerprint density at radius 1 is 1.20 bits per heavy atom. The smallest absolute Gasteiger partial charge is 0.140 e. The third-order valence-corrected chi connectivity index (χ3v) is 6.88. The predicted octanol–water partition coefficient (Wildman–Crippen LogP) is 8.32. The van der Waals surface area contributed by atoms with Crippen LogP contribution in [0.2, 0.25) is 0 Å². The summed E-state index contributed by atoms with van der Waals surface area (Å²) < 4.78 is 0. The average molecular weight is 470 g/mol. The number of benzene rings is 1. The molecule has 0 fully saturated rings. The van der Waals surface area contributed by atoms with E-state index in [4.69, 9.17) is 0 Å². The number of allylic oxidation sites excluding steroid dienone is 10. The minimum atomic E-state index is -0.0717. The SMILES string of the molecule is C=C/C=C(\C=C(C)C)C1(C)CC=C(CC(=O)C(C)Cc2ccc(/C(=C/C)NCC=C)cc2)C=C1C. The van der Waals surface area contributed by atoms with Gasteiger partial charge in [-0.05, 0) is 62.8 Å². The lowest BCUT2D eigenvalue weighted by molar-refractivity contribution is -0.121. The highest BCUT2D eigenvalue weighted by atomic mass is 16.1. The summed E-state index contributed by atoms with van der Waals surface area (Å²) in [4.78, 5) is 13.1. The number of rotatable bonds is 12. The third-order valence-electron chi connectivity index (χ3n) is 6.88. The van der Waals surface area contributed by atoms with Crippen molar-refractivity contribution < 1.29 is 4.79 Å². The molecular formula is C33H43NO. The van der Waals surface area contributed by atoms with Crippen LogP contribution in [0.3, 0.4) is 0 Å². The van der Waals surface area contributed by atoms with E-state index in [0.717, 1.165) is 36.2 Å². The minimum absolute atomic E-state index is 0.0225. The molecule has 2 nitrogen and oxygen atoms in total. The average Bonchev–Trinajstić information content (AvgIpc) is 2.82. The van der Waals surface area contributed by atoms with Gasteiger partial charge in [0.25, 0.3) is 0 Å². The van der Waals surface area contributed by atoms with Crippen molar-refractivity contribution in [3.8, 4) is 0 Å². The lowest BCUT2D eigenvalue weighted by Crippen LogP contribution is -2.23. The van der Waals surface area contributed by atoms with Crippen molar-refractivity contribution >= 4 is 11.5 Å². The zero-order chi connectivity index (χ0) is 26.0. The summed E-state index contributed by atoms with van der Waals surface area (Å²) in [6, 6.07) is 8.50. The number of hydrogen-bond donors (Lipinski definition) is 1. The molecule has 1 aliphatic rings. The van der Waals surface area contributed by atoms with Crippen LogP contribution in [0.15, 0.2) is 102 Å². The van der Waals surface area contributed by atoms with Gasteiger partial charge in [0.1, 0.15) is 5.78 Å². The van der Waals surface area contributed by atoms with E-state index in [9.17, 15) is 4.79 Å². The van der Waals surface area contributed by atoms with Crippen LogP contribution in [0.25, 0.3) is 5.70 Å². The van der Waals surface area contributed by atoms with E-state index in [-0.39, 0.29) is 11.3 Å². The van der Waals surface area contributed by atoms with Crippen LogP contribution in [0.1, 0.15) is 65.5 Å². The first-order valence-corrected chi connectivity index (χ1v) is 12.6. The molecule has 0 aromatic heterocycles. The van der Waals surface area contributed by atoms with Gasteiger partial charge in [0.05, 0.1) is 0 Å². The van der Waals surface area contributed by atoms with Crippen LogP contribution >= 0.6 is 0 Å². The molecule has 0 amide bonds. The highest BCUT2D eigenvalue weighted by Gasteiger charge is 2.31. The molecular weight excluding hydrogens is 426 g/mol. The summed E-state index contributed by atoms with van der Waals surface area (Å²) in [7, 11) is 0. The number of ketones is 1. The largest absolute Gasteiger partial charge is 0.381 e. The molecule has 0 radical (unpaired) electrons. The quantitative estimate of drug-likeness (QED) is 0.246. The van der Waals surface area contributed by atoms with Crippen LogP contribution in [0.5, 0.6) is 0 Å². The molecule has 186 valence electrons. The standard InChI is InChI=1S/C33H43NO/c1-9-12-30(20-24(4)5)33(8)18-17-28(22-26(33)7)23-32(35)25(6)21-27-13-15-29(16-14-27)31(11-3)34-19-10-2/h9-17,20,22,25,34H,1-2,18-19,21,23H2,3-8H3/b30-12+,31-11-. The van der Waals surface area contributed by atoms with Crippen LogP contribution in [-0.2, 0) is 11.2 Å². The lowest BCUT2D eigenvalue weighted by Gasteiger charge is -2.35. The zero-order valence-electron chi connectivity index (χ0n) is 22.6. The Bertz CT molecular complexity index is 1070. The van der Waals surface area contributed by atoms with Gasteiger partial charge in [-0.15, -0.1) is 6.58 Å². The van der Waals surface area contributed by atoms with Crippen molar-refractivity contribution in [2.75, 3.05) is 6.54 Å². The summed E-state index contributed by atoms with van der Waals surface area (Å²) in [5, 5.41) is 3.36. The fraction of sp³-hybridized carbons (Fsp3) is 0.364. The van der Waals surface area contributed by atoms with Crippen molar-refractivity contribution in [3.63, 3.8) is 0 Å². The van der Waals surface area contributed by atoms with Crippen molar-refractivity contribution in [1.29, 1.82) is 0 Å². The van der Waals surface area contributed by atoms with Crippen molar-refractivity contribution in [3.05, 3.63) is 113 Å². The van der Waals surface area contributed by atoms with E-state index in [1.807, 2.05) is 26.0 Å². The van der Waals surface area contributed by atoms with Gasteiger partial charge in [-0.25, -0.2) is 0 Å². The normalized spacial score (nSPS) is 19.3. The van der Waals surface area contributed by atoms with Crippen molar-refractivity contribution in [2.24, 2.45) is 11.3 Å². The highest BCUT2D eigenvalue weighted by molar-refractivity contribution is 5.84. The summed E-state index contributed by atoms with van der Waals surface area (Å²) in [6.45, 7) is 21.2. The number of nitrogens with one attached hydrogen (secondary N) is 1. The van der Waals surface area contributed by atoms with Crippen LogP contribution in [0.4, 0.5) is 0 Å². The number of carbonyl (C=O) groups excluding carboxylic acids is 1. The second-order valence-electron chi connectivity index (χ2n) is 10.0. The van der Waals surface area contributed by atoms with Crippen LogP contribution < -0.4 is 5.32 Å². The Hall–Kier alpha value is -3.13. The first-order valence-electron chi connectivity index (χ1n) is 12.6. The van der Waals surface area contributed by atoms with E-state index in [1.54, 1.807) is 0 Å². The topological polar surface area (TPSA) is 29.1 Å². The first-order chi connectivity index (χ1) is 16.6. The maximum Gasteiger partial charge on any atom is 0.140 e. The van der Waals surface area contributed by atoms with Gasteiger partial charge >= 0.3 is 0 Å². The molecule has 2 unspecified atom stereocenters. The van der Waals surface area contributed by atoms with Gasteiger partial charge in [0.15, 0.2) is 0 Å². The maximum absolute atomic E-state index is 13.1. The molecule has 1 N–H and O–H groups in total. The van der Waals surface area contributed by atoms with E-state index in [2.05, 4.69) is 101 Å². The molecule has 2 rings (SSSR count). The molecule has 2 atom stereocenters. The van der Waals surface area contributed by atoms with Gasteiger partial charge in [0, 0.05) is 30.0 Å². The molecule has 0 aliphatic heterocycles. The number of Topliss-reactive ketones (excluding diaryl/α,β-unsaturated/α-hetero) is 1. The molecule has 0 bridgehead atoms. The molecule has 0 saturated heterocycles. The summed E-state index contributed by atoms with van der Waals surface area (Å²) >= 11 is 0. The van der Waals surface area contributed by atoms with E-state index in [1.165, 1.54) is 22.3 Å². The first kappa shape index (κ1) is 28.1. The monoisotopic (exact) mass is 469 g/mol. The Labute approximate surface area is 213 Å². The second kappa shape index (κ2) is 13.1. The molecule has 1 aromatic carbocycles. The van der Waals surface area contributed by atoms with Gasteiger partial charge in [0.2, 0.25) is 0 Å². The molecule has 0 spiro atoms. The molecule has 0 heterocycles. The van der Waals surface area contributed by atoms with Gasteiger partial charge in [-0.1, -0.05) is 98.4 Å². The maximum atomic E-state index is 13.1.